The summed E-state index contributed by atoms with van der Waals surface area (Å²) in [6.45, 7) is 6.50. The maximum atomic E-state index is 12.1. The Morgan fingerprint density at radius 1 is 1.22 bits per heavy atom. The Bertz CT molecular complexity index is 713. The zero-order chi connectivity index (χ0) is 19.4. The van der Waals surface area contributed by atoms with Crippen LogP contribution >= 0.6 is 0 Å². The number of hydrogen-bond acceptors (Lipinski definition) is 5. The van der Waals surface area contributed by atoms with E-state index in [2.05, 4.69) is 24.0 Å². The molecule has 1 aromatic rings. The third kappa shape index (κ3) is 4.13. The fourth-order valence-electron chi connectivity index (χ4n) is 4.47. The molecular formula is C22H31NO4. The summed E-state index contributed by atoms with van der Waals surface area (Å²) in [5.41, 5.74) is 3.83. The van der Waals surface area contributed by atoms with Gasteiger partial charge in [0.2, 0.25) is 0 Å². The van der Waals surface area contributed by atoms with Crippen LogP contribution in [0.2, 0.25) is 0 Å². The smallest absolute Gasteiger partial charge is 0.330 e. The van der Waals surface area contributed by atoms with Gasteiger partial charge in [-0.1, -0.05) is 18.9 Å². The average Bonchev–Trinajstić information content (AvgIpc) is 2.67. The SMILES string of the molecule is CCC[C@@H]1CN2CCc3cc(OC)c(OC)cc3[C@@H]2C/C1=C/C(=O)OCC. The largest absolute Gasteiger partial charge is 0.493 e. The van der Waals surface area contributed by atoms with E-state index in [4.69, 9.17) is 14.2 Å². The molecule has 0 bridgehead atoms. The van der Waals surface area contributed by atoms with E-state index in [0.717, 1.165) is 50.3 Å². The Morgan fingerprint density at radius 2 is 1.96 bits per heavy atom. The van der Waals surface area contributed by atoms with Crippen molar-refractivity contribution in [3.63, 3.8) is 0 Å². The van der Waals surface area contributed by atoms with Gasteiger partial charge in [-0.2, -0.15) is 0 Å². The number of carbonyl (C=O) groups excluding carboxylic acids is 1. The first-order valence-corrected chi connectivity index (χ1v) is 9.97. The van der Waals surface area contributed by atoms with Crippen LogP contribution < -0.4 is 9.47 Å². The number of fused-ring (bicyclic) bond motifs is 3. The van der Waals surface area contributed by atoms with Gasteiger partial charge >= 0.3 is 5.97 Å². The first kappa shape index (κ1) is 19.7. The van der Waals surface area contributed by atoms with Crippen LogP contribution in [0.5, 0.6) is 11.5 Å². The fourth-order valence-corrected chi connectivity index (χ4v) is 4.47. The third-order valence-electron chi connectivity index (χ3n) is 5.75. The zero-order valence-corrected chi connectivity index (χ0v) is 16.9. The van der Waals surface area contributed by atoms with Crippen molar-refractivity contribution in [2.24, 2.45) is 5.92 Å². The molecule has 0 aromatic heterocycles. The van der Waals surface area contributed by atoms with Crippen molar-refractivity contribution < 1.29 is 19.0 Å². The topological polar surface area (TPSA) is 48.0 Å². The van der Waals surface area contributed by atoms with Crippen molar-refractivity contribution in [2.45, 2.75) is 45.6 Å². The van der Waals surface area contributed by atoms with Gasteiger partial charge in [-0.25, -0.2) is 4.79 Å². The predicted octanol–water partition coefficient (Wildman–Crippen LogP) is 3.91. The fraction of sp³-hybridized carbons (Fsp3) is 0.591. The minimum Gasteiger partial charge on any atom is -0.493 e. The number of carbonyl (C=O) groups is 1. The Hall–Kier alpha value is -2.01. The summed E-state index contributed by atoms with van der Waals surface area (Å²) in [6, 6.07) is 4.51. The van der Waals surface area contributed by atoms with Gasteiger partial charge in [0.1, 0.15) is 0 Å². The highest BCUT2D eigenvalue weighted by molar-refractivity contribution is 5.83. The third-order valence-corrected chi connectivity index (χ3v) is 5.75. The number of ether oxygens (including phenoxy) is 3. The summed E-state index contributed by atoms with van der Waals surface area (Å²) in [5, 5.41) is 0. The van der Waals surface area contributed by atoms with E-state index in [1.807, 2.05) is 6.92 Å². The highest BCUT2D eigenvalue weighted by Gasteiger charge is 2.36. The maximum Gasteiger partial charge on any atom is 0.330 e. The van der Waals surface area contributed by atoms with Gasteiger partial charge in [0.25, 0.3) is 0 Å². The molecular weight excluding hydrogens is 342 g/mol. The lowest BCUT2D eigenvalue weighted by molar-refractivity contribution is -0.137. The lowest BCUT2D eigenvalue weighted by Gasteiger charge is -2.45. The predicted molar refractivity (Wildman–Crippen MR) is 105 cm³/mol. The van der Waals surface area contributed by atoms with E-state index in [1.165, 1.54) is 16.7 Å². The molecule has 2 heterocycles. The van der Waals surface area contributed by atoms with Crippen LogP contribution in [0.1, 0.15) is 50.3 Å². The van der Waals surface area contributed by atoms with E-state index in [1.54, 1.807) is 20.3 Å². The molecule has 0 spiro atoms. The van der Waals surface area contributed by atoms with E-state index in [9.17, 15) is 4.79 Å². The zero-order valence-electron chi connectivity index (χ0n) is 16.9. The van der Waals surface area contributed by atoms with E-state index in [0.29, 0.717) is 12.5 Å². The molecule has 27 heavy (non-hydrogen) atoms. The minimum absolute atomic E-state index is 0.217. The van der Waals surface area contributed by atoms with Crippen molar-refractivity contribution in [3.8, 4) is 11.5 Å². The number of methoxy groups -OCH3 is 2. The van der Waals surface area contributed by atoms with Gasteiger partial charge in [0.05, 0.1) is 20.8 Å². The molecule has 148 valence electrons. The van der Waals surface area contributed by atoms with Gasteiger partial charge in [-0.15, -0.1) is 0 Å². The maximum absolute atomic E-state index is 12.1. The summed E-state index contributed by atoms with van der Waals surface area (Å²) >= 11 is 0. The van der Waals surface area contributed by atoms with E-state index < -0.39 is 0 Å². The first-order valence-electron chi connectivity index (χ1n) is 9.97. The summed E-state index contributed by atoms with van der Waals surface area (Å²) in [7, 11) is 3.35. The van der Waals surface area contributed by atoms with Crippen LogP contribution in [0, 0.1) is 5.92 Å². The summed E-state index contributed by atoms with van der Waals surface area (Å²) in [4.78, 5) is 14.7. The van der Waals surface area contributed by atoms with Crippen LogP contribution in [0.25, 0.3) is 0 Å². The molecule has 1 aromatic carbocycles. The molecule has 3 rings (SSSR count). The number of benzene rings is 1. The highest BCUT2D eigenvalue weighted by Crippen LogP contribution is 2.45. The number of piperidine rings is 1. The molecule has 1 saturated heterocycles. The van der Waals surface area contributed by atoms with Crippen LogP contribution in [0.15, 0.2) is 23.8 Å². The van der Waals surface area contributed by atoms with Crippen molar-refractivity contribution in [3.05, 3.63) is 34.9 Å². The second-order valence-electron chi connectivity index (χ2n) is 7.33. The van der Waals surface area contributed by atoms with Crippen molar-refractivity contribution >= 4 is 5.97 Å². The average molecular weight is 373 g/mol. The lowest BCUT2D eigenvalue weighted by Crippen LogP contribution is -2.43. The Morgan fingerprint density at radius 3 is 2.63 bits per heavy atom. The van der Waals surface area contributed by atoms with Gasteiger partial charge in [0, 0.05) is 25.2 Å². The number of nitrogens with zero attached hydrogens (tertiary/aromatic N) is 1. The van der Waals surface area contributed by atoms with Crippen molar-refractivity contribution in [1.82, 2.24) is 4.90 Å². The molecule has 2 atom stereocenters. The number of rotatable bonds is 6. The Balaban J connectivity index is 1.94. The van der Waals surface area contributed by atoms with Gasteiger partial charge < -0.3 is 14.2 Å². The molecule has 5 nitrogen and oxygen atoms in total. The standard InChI is InChI=1S/C22H31NO4/c1-5-7-16-14-23-9-8-15-11-20(25-3)21(26-4)13-18(15)19(23)10-17(16)12-22(24)27-6-2/h11-13,16,19H,5-10,14H2,1-4H3/b17-12-/t16-,19+/m1/s1. The van der Waals surface area contributed by atoms with Gasteiger partial charge in [-0.3, -0.25) is 4.90 Å². The molecule has 0 N–H and O–H groups in total. The van der Waals surface area contributed by atoms with Gasteiger partial charge in [0.15, 0.2) is 11.5 Å². The molecule has 0 amide bonds. The second kappa shape index (κ2) is 8.79. The molecule has 0 radical (unpaired) electrons. The molecule has 0 saturated carbocycles. The first-order chi connectivity index (χ1) is 13.1. The molecule has 5 heteroatoms. The molecule has 2 aliphatic heterocycles. The molecule has 2 aliphatic rings. The Labute approximate surface area is 162 Å². The molecule has 0 unspecified atom stereocenters. The quantitative estimate of drug-likeness (QED) is 0.559. The lowest BCUT2D eigenvalue weighted by atomic mass is 9.78. The van der Waals surface area contributed by atoms with Gasteiger partial charge in [-0.05, 0) is 55.4 Å². The summed E-state index contributed by atoms with van der Waals surface area (Å²) in [6.07, 6.45) is 5.85. The van der Waals surface area contributed by atoms with Crippen molar-refractivity contribution in [1.29, 1.82) is 0 Å². The van der Waals surface area contributed by atoms with Crippen LogP contribution in [-0.4, -0.2) is 44.8 Å². The van der Waals surface area contributed by atoms with E-state index >= 15 is 0 Å². The normalized spacial score (nSPS) is 23.5. The summed E-state index contributed by atoms with van der Waals surface area (Å²) < 4.78 is 16.2. The second-order valence-corrected chi connectivity index (χ2v) is 7.33. The van der Waals surface area contributed by atoms with Crippen molar-refractivity contribution in [2.75, 3.05) is 33.9 Å². The van der Waals surface area contributed by atoms with Crippen LogP contribution in [-0.2, 0) is 16.0 Å². The minimum atomic E-state index is -0.217. The molecule has 1 fully saturated rings. The Kier molecular flexibility index (Phi) is 6.42. The number of hydrogen-bond donors (Lipinski definition) is 0. The van der Waals surface area contributed by atoms with Crippen LogP contribution in [0.3, 0.4) is 0 Å². The molecule has 0 aliphatic carbocycles. The monoisotopic (exact) mass is 373 g/mol. The highest BCUT2D eigenvalue weighted by atomic mass is 16.5. The summed E-state index contributed by atoms with van der Waals surface area (Å²) in [5.74, 6) is 1.76. The van der Waals surface area contributed by atoms with E-state index in [-0.39, 0.29) is 12.0 Å². The van der Waals surface area contributed by atoms with Crippen LogP contribution in [0.4, 0.5) is 0 Å². The number of esters is 1.